The van der Waals surface area contributed by atoms with Crippen LogP contribution in [0.25, 0.3) is 33.4 Å². The molecule has 0 unspecified atom stereocenters. The third-order valence-corrected chi connectivity index (χ3v) is 6.49. The Labute approximate surface area is 180 Å². The van der Waals surface area contributed by atoms with Gasteiger partial charge in [-0.25, -0.2) is 4.98 Å². The summed E-state index contributed by atoms with van der Waals surface area (Å²) in [6.07, 6.45) is 2.46. The van der Waals surface area contributed by atoms with E-state index in [0.717, 1.165) is 27.9 Å². The van der Waals surface area contributed by atoms with Gasteiger partial charge in [-0.1, -0.05) is 54.6 Å². The summed E-state index contributed by atoms with van der Waals surface area (Å²) in [5, 5.41) is 10.3. The lowest BCUT2D eigenvalue weighted by atomic mass is 9.70. The fourth-order valence-corrected chi connectivity index (χ4v) is 4.77. The maximum atomic E-state index is 13.3. The predicted octanol–water partition coefficient (Wildman–Crippen LogP) is 3.40. The van der Waals surface area contributed by atoms with Gasteiger partial charge in [0.05, 0.1) is 23.5 Å². The van der Waals surface area contributed by atoms with Gasteiger partial charge in [0, 0.05) is 24.7 Å². The molecule has 0 saturated heterocycles. The second kappa shape index (κ2) is 7.18. The molecular formula is C25H26N4O2. The molecule has 6 nitrogen and oxygen atoms in total. The van der Waals surface area contributed by atoms with Crippen LogP contribution in [0.2, 0.25) is 0 Å². The van der Waals surface area contributed by atoms with E-state index in [9.17, 15) is 9.90 Å². The van der Waals surface area contributed by atoms with E-state index in [1.165, 1.54) is 0 Å². The molecule has 5 rings (SSSR count). The zero-order valence-electron chi connectivity index (χ0n) is 17.7. The van der Waals surface area contributed by atoms with Crippen LogP contribution < -0.4 is 11.3 Å². The van der Waals surface area contributed by atoms with Gasteiger partial charge in [0.15, 0.2) is 0 Å². The van der Waals surface area contributed by atoms with Gasteiger partial charge in [-0.15, -0.1) is 0 Å². The van der Waals surface area contributed by atoms with Gasteiger partial charge in [0.1, 0.15) is 5.65 Å². The Bertz CT molecular complexity index is 1310. The minimum absolute atomic E-state index is 0.0332. The van der Waals surface area contributed by atoms with Gasteiger partial charge < -0.3 is 15.4 Å². The molecule has 0 bridgehead atoms. The fraction of sp³-hybridized carbons (Fsp3) is 0.280. The topological polar surface area (TPSA) is 86.1 Å². The van der Waals surface area contributed by atoms with Crippen molar-refractivity contribution in [3.63, 3.8) is 0 Å². The summed E-state index contributed by atoms with van der Waals surface area (Å²) in [4.78, 5) is 17.9. The minimum atomic E-state index is -0.463. The van der Waals surface area contributed by atoms with Crippen LogP contribution in [0, 0.1) is 0 Å². The molecule has 1 saturated carbocycles. The summed E-state index contributed by atoms with van der Waals surface area (Å²) in [6.45, 7) is 2.51. The standard InChI is InChI=1S/C25H26N4O2/c1-3-29-15-27-23-21(24(29)31)20(16-7-5-4-6-8-16)22(28(23)2)17-9-11-18(12-10-17)25(26)13-19(30)14-25/h4-12,15,19,30H,3,13-14,26H2,1-2H3/t19-,25-. The van der Waals surface area contributed by atoms with Crippen molar-refractivity contribution in [3.05, 3.63) is 76.8 Å². The van der Waals surface area contributed by atoms with Gasteiger partial charge in [-0.05, 0) is 36.5 Å². The molecule has 2 heterocycles. The monoisotopic (exact) mass is 414 g/mol. The summed E-state index contributed by atoms with van der Waals surface area (Å²) < 4.78 is 3.64. The molecular weight excluding hydrogens is 388 g/mol. The van der Waals surface area contributed by atoms with Crippen molar-refractivity contribution in [1.82, 2.24) is 14.1 Å². The van der Waals surface area contributed by atoms with E-state index in [1.807, 2.05) is 73.1 Å². The molecule has 2 aromatic carbocycles. The Hall–Kier alpha value is -3.22. The average molecular weight is 415 g/mol. The van der Waals surface area contributed by atoms with E-state index in [4.69, 9.17) is 5.73 Å². The maximum Gasteiger partial charge on any atom is 0.263 e. The van der Waals surface area contributed by atoms with Crippen LogP contribution in [0.15, 0.2) is 65.7 Å². The van der Waals surface area contributed by atoms with Crippen molar-refractivity contribution in [2.75, 3.05) is 0 Å². The first kappa shape index (κ1) is 19.7. The lowest BCUT2D eigenvalue weighted by Gasteiger charge is -2.42. The van der Waals surface area contributed by atoms with Gasteiger partial charge in [-0.3, -0.25) is 9.36 Å². The Morgan fingerprint density at radius 1 is 1.10 bits per heavy atom. The van der Waals surface area contributed by atoms with Crippen molar-refractivity contribution in [3.8, 4) is 22.4 Å². The fourth-order valence-electron chi connectivity index (χ4n) is 4.77. The number of rotatable bonds is 4. The Morgan fingerprint density at radius 2 is 1.77 bits per heavy atom. The van der Waals surface area contributed by atoms with Gasteiger partial charge >= 0.3 is 0 Å². The predicted molar refractivity (Wildman–Crippen MR) is 123 cm³/mol. The first-order valence-corrected chi connectivity index (χ1v) is 10.6. The maximum absolute atomic E-state index is 13.3. The number of benzene rings is 2. The van der Waals surface area contributed by atoms with Crippen molar-refractivity contribution < 1.29 is 5.11 Å². The molecule has 0 radical (unpaired) electrons. The summed E-state index contributed by atoms with van der Waals surface area (Å²) >= 11 is 0. The second-order valence-corrected chi connectivity index (χ2v) is 8.48. The van der Waals surface area contributed by atoms with Crippen molar-refractivity contribution in [1.29, 1.82) is 0 Å². The summed E-state index contributed by atoms with van der Waals surface area (Å²) in [7, 11) is 1.95. The highest BCUT2D eigenvalue weighted by Gasteiger charge is 2.41. The highest BCUT2D eigenvalue weighted by Crippen LogP contribution is 2.41. The van der Waals surface area contributed by atoms with Gasteiger partial charge in [-0.2, -0.15) is 0 Å². The number of aliphatic hydroxyl groups is 1. The van der Waals surface area contributed by atoms with Crippen LogP contribution in [-0.2, 0) is 19.1 Å². The third-order valence-electron chi connectivity index (χ3n) is 6.49. The molecule has 0 spiro atoms. The molecule has 1 fully saturated rings. The lowest BCUT2D eigenvalue weighted by Crippen LogP contribution is -2.51. The molecule has 1 aliphatic carbocycles. The molecule has 4 aromatic rings. The quantitative estimate of drug-likeness (QED) is 0.536. The van der Waals surface area contributed by atoms with Crippen molar-refractivity contribution >= 4 is 11.0 Å². The number of aryl methyl sites for hydroxylation is 2. The summed E-state index contributed by atoms with van der Waals surface area (Å²) in [5.41, 5.74) is 11.5. The molecule has 0 amide bonds. The third kappa shape index (κ3) is 3.02. The second-order valence-electron chi connectivity index (χ2n) is 8.48. The molecule has 31 heavy (non-hydrogen) atoms. The highest BCUT2D eigenvalue weighted by atomic mass is 16.3. The van der Waals surface area contributed by atoms with Crippen molar-refractivity contribution in [2.24, 2.45) is 12.8 Å². The number of aromatic nitrogens is 3. The first-order valence-electron chi connectivity index (χ1n) is 10.6. The smallest absolute Gasteiger partial charge is 0.263 e. The van der Waals surface area contributed by atoms with E-state index < -0.39 is 5.54 Å². The molecule has 6 heteroatoms. The molecule has 2 aromatic heterocycles. The molecule has 3 N–H and O–H groups in total. The molecule has 0 aliphatic heterocycles. The zero-order valence-corrected chi connectivity index (χ0v) is 17.7. The van der Waals surface area contributed by atoms with E-state index in [-0.39, 0.29) is 11.7 Å². The van der Waals surface area contributed by atoms with Crippen molar-refractivity contribution in [2.45, 2.75) is 38.0 Å². The zero-order chi connectivity index (χ0) is 21.8. The van der Waals surface area contributed by atoms with Gasteiger partial charge in [0.25, 0.3) is 5.56 Å². The number of aliphatic hydroxyl groups excluding tert-OH is 1. The van der Waals surface area contributed by atoms with Crippen LogP contribution in [0.1, 0.15) is 25.3 Å². The van der Waals surface area contributed by atoms with Crippen LogP contribution in [0.5, 0.6) is 0 Å². The highest BCUT2D eigenvalue weighted by molar-refractivity contribution is 6.02. The SMILES string of the molecule is CCn1cnc2c(c(-c3ccccc3)c(-c3ccc([C@]4(N)C[C@H](O)C4)cc3)n2C)c1=O. The lowest BCUT2D eigenvalue weighted by molar-refractivity contribution is 0.0209. The number of hydrogen-bond acceptors (Lipinski definition) is 4. The molecule has 1 aliphatic rings. The van der Waals surface area contributed by atoms with E-state index >= 15 is 0 Å². The normalized spacial score (nSPS) is 20.7. The number of fused-ring (bicyclic) bond motifs is 1. The minimum Gasteiger partial charge on any atom is -0.393 e. The Morgan fingerprint density at radius 3 is 2.39 bits per heavy atom. The number of nitrogens with zero attached hydrogens (tertiary/aromatic N) is 3. The molecule has 0 atom stereocenters. The largest absolute Gasteiger partial charge is 0.393 e. The van der Waals surface area contributed by atoms with Crippen LogP contribution in [-0.4, -0.2) is 25.3 Å². The van der Waals surface area contributed by atoms with Crippen LogP contribution in [0.4, 0.5) is 0 Å². The first-order chi connectivity index (χ1) is 14.9. The Balaban J connectivity index is 1.75. The van der Waals surface area contributed by atoms with Gasteiger partial charge in [0.2, 0.25) is 0 Å². The molecule has 158 valence electrons. The average Bonchev–Trinajstić information content (AvgIpc) is 3.07. The number of hydrogen-bond donors (Lipinski definition) is 2. The summed E-state index contributed by atoms with van der Waals surface area (Å²) in [6, 6.07) is 18.2. The number of nitrogens with two attached hydrogens (primary N) is 1. The van der Waals surface area contributed by atoms with Crippen LogP contribution in [0.3, 0.4) is 0 Å². The summed E-state index contributed by atoms with van der Waals surface area (Å²) in [5.74, 6) is 0. The van der Waals surface area contributed by atoms with E-state index in [1.54, 1.807) is 10.9 Å². The Kier molecular flexibility index (Phi) is 4.57. The van der Waals surface area contributed by atoms with Crippen LogP contribution >= 0.6 is 0 Å². The van der Waals surface area contributed by atoms with E-state index in [0.29, 0.717) is 30.4 Å². The van der Waals surface area contributed by atoms with E-state index in [2.05, 4.69) is 4.98 Å².